The van der Waals surface area contributed by atoms with E-state index in [1.807, 2.05) is 30.4 Å². The Morgan fingerprint density at radius 1 is 0.865 bits per heavy atom. The van der Waals surface area contributed by atoms with Crippen molar-refractivity contribution in [1.29, 1.82) is 0 Å². The van der Waals surface area contributed by atoms with Crippen molar-refractivity contribution >= 4 is 44.7 Å². The van der Waals surface area contributed by atoms with Crippen LogP contribution in [0, 0.1) is 5.82 Å². The van der Waals surface area contributed by atoms with Gasteiger partial charge in [-0.25, -0.2) is 9.37 Å². The summed E-state index contributed by atoms with van der Waals surface area (Å²) in [6.45, 7) is -0.263. The van der Waals surface area contributed by atoms with E-state index >= 15 is 0 Å². The van der Waals surface area contributed by atoms with Gasteiger partial charge in [-0.2, -0.15) is 0 Å². The van der Waals surface area contributed by atoms with Gasteiger partial charge in [0.1, 0.15) is 5.82 Å². The molecule has 8 nitrogen and oxygen atoms in total. The van der Waals surface area contributed by atoms with Gasteiger partial charge in [-0.1, -0.05) is 29.6 Å². The normalized spacial score (nSPS) is 10.9. The molecule has 0 spiro atoms. The minimum Gasteiger partial charge on any atom is -0.493 e. The Morgan fingerprint density at radius 3 is 2.22 bits per heavy atom. The van der Waals surface area contributed by atoms with Gasteiger partial charge in [0.15, 0.2) is 34.7 Å². The average Bonchev–Trinajstić information content (AvgIpc) is 3.31. The quantitative estimate of drug-likeness (QED) is 0.268. The molecule has 4 aromatic rings. The third-order valence-electron chi connectivity index (χ3n) is 5.30. The molecule has 192 valence electrons. The van der Waals surface area contributed by atoms with Gasteiger partial charge >= 0.3 is 0 Å². The maximum absolute atomic E-state index is 13.4. The molecule has 0 atom stereocenters. The first-order valence-electron chi connectivity index (χ1n) is 11.1. The van der Waals surface area contributed by atoms with E-state index in [2.05, 4.69) is 10.3 Å². The molecule has 0 radical (unpaired) electrons. The second kappa shape index (κ2) is 11.6. The first-order chi connectivity index (χ1) is 17.9. The Balaban J connectivity index is 1.46. The average molecular weight is 525 g/mol. The summed E-state index contributed by atoms with van der Waals surface area (Å²) in [5, 5.41) is 3.05. The topological polar surface area (TPSA) is 88.1 Å². The lowest BCUT2D eigenvalue weighted by Gasteiger charge is -2.13. The maximum atomic E-state index is 13.4. The molecule has 0 aliphatic rings. The molecule has 0 unspecified atom stereocenters. The standard InChI is InChI=1S/C27H25FN2O6S/c1-32-20-9-7-16(5-6-17-12-22(33-2)26(35-4)23(13-17)34-3)11-21(20)36-15-25(31)30-27-29-19-14-18(28)8-10-24(19)37-27/h5-14H,15H2,1-4H3,(H,29,30,31). The van der Waals surface area contributed by atoms with Gasteiger partial charge in [0.2, 0.25) is 5.75 Å². The molecule has 0 saturated carbocycles. The number of carbonyl (C=O) groups excluding carboxylic acids is 1. The van der Waals surface area contributed by atoms with E-state index in [1.54, 1.807) is 39.5 Å². The van der Waals surface area contributed by atoms with Gasteiger partial charge in [0, 0.05) is 6.07 Å². The second-order valence-electron chi connectivity index (χ2n) is 7.67. The molecule has 3 aromatic carbocycles. The van der Waals surface area contributed by atoms with Gasteiger partial charge in [-0.15, -0.1) is 0 Å². The van der Waals surface area contributed by atoms with Crippen molar-refractivity contribution in [2.45, 2.75) is 0 Å². The highest BCUT2D eigenvalue weighted by Gasteiger charge is 2.13. The van der Waals surface area contributed by atoms with Crippen LogP contribution in [0.5, 0.6) is 28.7 Å². The van der Waals surface area contributed by atoms with Crippen LogP contribution in [0.1, 0.15) is 11.1 Å². The summed E-state index contributed by atoms with van der Waals surface area (Å²) in [6, 6.07) is 13.3. The largest absolute Gasteiger partial charge is 0.493 e. The summed E-state index contributed by atoms with van der Waals surface area (Å²) in [7, 11) is 6.19. The van der Waals surface area contributed by atoms with E-state index in [0.29, 0.717) is 39.4 Å². The number of benzene rings is 3. The number of halogens is 1. The minimum absolute atomic E-state index is 0.263. The molecule has 4 rings (SSSR count). The fourth-order valence-electron chi connectivity index (χ4n) is 3.55. The van der Waals surface area contributed by atoms with Crippen LogP contribution in [0.15, 0.2) is 48.5 Å². The van der Waals surface area contributed by atoms with E-state index < -0.39 is 5.91 Å². The Labute approximate surface area is 217 Å². The predicted octanol–water partition coefficient (Wildman–Crippen LogP) is 5.66. The fourth-order valence-corrected chi connectivity index (χ4v) is 4.41. The molecule has 1 amide bonds. The SMILES string of the molecule is COc1ccc(C=Cc2cc(OC)c(OC)c(OC)c2)cc1OCC(=O)Nc1nc2cc(F)ccc2s1. The summed E-state index contributed by atoms with van der Waals surface area (Å²) in [5.74, 6) is 1.70. The van der Waals surface area contributed by atoms with Crippen LogP contribution in [0.25, 0.3) is 22.4 Å². The van der Waals surface area contributed by atoms with E-state index in [0.717, 1.165) is 15.8 Å². The number of hydrogen-bond donors (Lipinski definition) is 1. The Hall–Kier alpha value is -4.31. The maximum Gasteiger partial charge on any atom is 0.264 e. The third-order valence-corrected chi connectivity index (χ3v) is 6.25. The van der Waals surface area contributed by atoms with E-state index in [9.17, 15) is 9.18 Å². The number of fused-ring (bicyclic) bond motifs is 1. The van der Waals surface area contributed by atoms with Crippen molar-refractivity contribution in [2.75, 3.05) is 40.4 Å². The van der Waals surface area contributed by atoms with Crippen LogP contribution >= 0.6 is 11.3 Å². The summed E-state index contributed by atoms with van der Waals surface area (Å²) in [5.41, 5.74) is 2.13. The molecule has 0 saturated heterocycles. The van der Waals surface area contributed by atoms with Crippen molar-refractivity contribution < 1.29 is 32.9 Å². The number of amides is 1. The number of nitrogens with one attached hydrogen (secondary N) is 1. The summed E-state index contributed by atoms with van der Waals surface area (Å²) in [6.07, 6.45) is 3.77. The summed E-state index contributed by atoms with van der Waals surface area (Å²) >= 11 is 1.25. The fraction of sp³-hybridized carbons (Fsp3) is 0.185. The lowest BCUT2D eigenvalue weighted by molar-refractivity contribution is -0.118. The highest BCUT2D eigenvalue weighted by atomic mass is 32.1. The number of methoxy groups -OCH3 is 4. The predicted molar refractivity (Wildman–Crippen MR) is 142 cm³/mol. The van der Waals surface area contributed by atoms with E-state index in [-0.39, 0.29) is 12.4 Å². The Morgan fingerprint density at radius 2 is 1.54 bits per heavy atom. The molecule has 0 bridgehead atoms. The zero-order valence-electron chi connectivity index (χ0n) is 20.7. The number of carbonyl (C=O) groups is 1. The van der Waals surface area contributed by atoms with Crippen LogP contribution in [0.4, 0.5) is 9.52 Å². The van der Waals surface area contributed by atoms with Crippen molar-refractivity contribution in [1.82, 2.24) is 4.98 Å². The van der Waals surface area contributed by atoms with Gasteiger partial charge in [0.05, 0.1) is 38.7 Å². The second-order valence-corrected chi connectivity index (χ2v) is 8.70. The number of hydrogen-bond acceptors (Lipinski definition) is 8. The molecule has 0 fully saturated rings. The Kier molecular flexibility index (Phi) is 8.09. The lowest BCUT2D eigenvalue weighted by Crippen LogP contribution is -2.20. The molecule has 0 aliphatic heterocycles. The zero-order chi connectivity index (χ0) is 26.4. The lowest BCUT2D eigenvalue weighted by atomic mass is 10.1. The van der Waals surface area contributed by atoms with Gasteiger partial charge in [0.25, 0.3) is 5.91 Å². The van der Waals surface area contributed by atoms with Crippen LogP contribution in [0.3, 0.4) is 0 Å². The zero-order valence-corrected chi connectivity index (χ0v) is 21.5. The molecule has 1 heterocycles. The number of ether oxygens (including phenoxy) is 5. The molecule has 1 aromatic heterocycles. The van der Waals surface area contributed by atoms with Crippen LogP contribution in [0.2, 0.25) is 0 Å². The molecule has 10 heteroatoms. The van der Waals surface area contributed by atoms with Crippen molar-refractivity contribution in [3.63, 3.8) is 0 Å². The smallest absolute Gasteiger partial charge is 0.264 e. The summed E-state index contributed by atoms with van der Waals surface area (Å²) < 4.78 is 41.5. The highest BCUT2D eigenvalue weighted by molar-refractivity contribution is 7.22. The number of anilines is 1. The first kappa shape index (κ1) is 25.8. The van der Waals surface area contributed by atoms with Gasteiger partial charge < -0.3 is 23.7 Å². The van der Waals surface area contributed by atoms with Crippen molar-refractivity contribution in [2.24, 2.45) is 0 Å². The minimum atomic E-state index is -0.403. The van der Waals surface area contributed by atoms with Gasteiger partial charge in [-0.3, -0.25) is 10.1 Å². The van der Waals surface area contributed by atoms with Crippen LogP contribution in [-0.2, 0) is 4.79 Å². The number of aromatic nitrogens is 1. The summed E-state index contributed by atoms with van der Waals surface area (Å²) in [4.78, 5) is 16.7. The molecular weight excluding hydrogens is 499 g/mol. The van der Waals surface area contributed by atoms with E-state index in [4.69, 9.17) is 23.7 Å². The number of rotatable bonds is 10. The highest BCUT2D eigenvalue weighted by Crippen LogP contribution is 2.39. The van der Waals surface area contributed by atoms with E-state index in [1.165, 1.54) is 30.6 Å². The Bertz CT molecular complexity index is 1430. The molecule has 37 heavy (non-hydrogen) atoms. The van der Waals surface area contributed by atoms with Crippen molar-refractivity contribution in [3.8, 4) is 28.7 Å². The monoisotopic (exact) mass is 524 g/mol. The van der Waals surface area contributed by atoms with Crippen LogP contribution < -0.4 is 29.0 Å². The number of thiazole rings is 1. The first-order valence-corrected chi connectivity index (χ1v) is 11.9. The van der Waals surface area contributed by atoms with Crippen molar-refractivity contribution in [3.05, 3.63) is 65.5 Å². The molecule has 0 aliphatic carbocycles. The number of nitrogens with zero attached hydrogens (tertiary/aromatic N) is 1. The molecule has 1 N–H and O–H groups in total. The third kappa shape index (κ3) is 6.10. The molecular formula is C27H25FN2O6S. The van der Waals surface area contributed by atoms with Crippen LogP contribution in [-0.4, -0.2) is 45.9 Å². The van der Waals surface area contributed by atoms with Gasteiger partial charge in [-0.05, 0) is 47.5 Å².